The van der Waals surface area contributed by atoms with E-state index in [1.54, 1.807) is 7.11 Å². The first-order valence-electron chi connectivity index (χ1n) is 7.99. The maximum absolute atomic E-state index is 12.2. The largest absolute Gasteiger partial charge is 0.385 e. The number of thioether (sulfide) groups is 1. The highest BCUT2D eigenvalue weighted by Crippen LogP contribution is 2.23. The van der Waals surface area contributed by atoms with Gasteiger partial charge in [0.15, 0.2) is 5.16 Å². The van der Waals surface area contributed by atoms with Crippen LogP contribution in [-0.4, -0.2) is 46.2 Å². The average Bonchev–Trinajstić information content (AvgIpc) is 2.92. The van der Waals surface area contributed by atoms with Crippen LogP contribution in [0.15, 0.2) is 35.5 Å². The van der Waals surface area contributed by atoms with Gasteiger partial charge < -0.3 is 14.6 Å². The highest BCUT2D eigenvalue weighted by Gasteiger charge is 2.18. The van der Waals surface area contributed by atoms with Gasteiger partial charge in [0.05, 0.1) is 11.8 Å². The third-order valence-corrected chi connectivity index (χ3v) is 4.64. The Bertz CT molecular complexity index is 645. The molecule has 0 spiro atoms. The highest BCUT2D eigenvalue weighted by atomic mass is 32.2. The van der Waals surface area contributed by atoms with E-state index in [1.807, 2.05) is 36.6 Å². The number of carbonyl (C=O) groups is 1. The molecule has 0 saturated heterocycles. The van der Waals surface area contributed by atoms with E-state index in [0.717, 1.165) is 17.4 Å². The number of rotatable bonds is 9. The molecule has 1 N–H and O–H groups in total. The summed E-state index contributed by atoms with van der Waals surface area (Å²) in [6.07, 6.45) is 0.808. The summed E-state index contributed by atoms with van der Waals surface area (Å²) < 4.78 is 7.01. The Balaban J connectivity index is 1.96. The Morgan fingerprint density at radius 2 is 2.08 bits per heavy atom. The van der Waals surface area contributed by atoms with Crippen LogP contribution >= 0.6 is 11.8 Å². The zero-order valence-electron chi connectivity index (χ0n) is 14.4. The maximum atomic E-state index is 12.2. The summed E-state index contributed by atoms with van der Waals surface area (Å²) in [5, 5.41) is 11.8. The predicted molar refractivity (Wildman–Crippen MR) is 95.1 cm³/mol. The van der Waals surface area contributed by atoms with Crippen molar-refractivity contribution in [3.63, 3.8) is 0 Å². The van der Waals surface area contributed by atoms with Gasteiger partial charge in [0, 0.05) is 20.3 Å². The van der Waals surface area contributed by atoms with E-state index >= 15 is 0 Å². The molecule has 0 aliphatic carbocycles. The standard InChI is InChI=1S/C17H24N4O2S/c1-13(16(22)18-10-7-11-23-3)24-17-20-19-14(2)21(17)12-15-8-5-4-6-9-15/h4-6,8-9,13H,7,10-12H2,1-3H3,(H,18,22). The monoisotopic (exact) mass is 348 g/mol. The quantitative estimate of drug-likeness (QED) is 0.556. The van der Waals surface area contributed by atoms with Crippen LogP contribution in [0.2, 0.25) is 0 Å². The second-order valence-electron chi connectivity index (χ2n) is 5.50. The third kappa shape index (κ3) is 5.35. The Labute approximate surface area is 147 Å². The number of carbonyl (C=O) groups excluding carboxylic acids is 1. The molecule has 0 fully saturated rings. The smallest absolute Gasteiger partial charge is 0.233 e. The minimum Gasteiger partial charge on any atom is -0.385 e. The first-order chi connectivity index (χ1) is 11.6. The molecule has 0 aliphatic heterocycles. The van der Waals surface area contributed by atoms with Crippen LogP contribution in [0.1, 0.15) is 24.7 Å². The fourth-order valence-electron chi connectivity index (χ4n) is 2.18. The fraction of sp³-hybridized carbons (Fsp3) is 0.471. The molecule has 7 heteroatoms. The molecule has 1 aromatic heterocycles. The number of methoxy groups -OCH3 is 1. The lowest BCUT2D eigenvalue weighted by atomic mass is 10.2. The normalized spacial score (nSPS) is 12.1. The lowest BCUT2D eigenvalue weighted by Gasteiger charge is -2.13. The summed E-state index contributed by atoms with van der Waals surface area (Å²) in [6.45, 7) is 5.77. The zero-order chi connectivity index (χ0) is 17.4. The first-order valence-corrected chi connectivity index (χ1v) is 8.86. The van der Waals surface area contributed by atoms with Crippen molar-refractivity contribution in [2.45, 2.75) is 37.2 Å². The highest BCUT2D eigenvalue weighted by molar-refractivity contribution is 8.00. The van der Waals surface area contributed by atoms with Crippen molar-refractivity contribution in [2.75, 3.05) is 20.3 Å². The van der Waals surface area contributed by atoms with Gasteiger partial charge in [-0.2, -0.15) is 0 Å². The van der Waals surface area contributed by atoms with E-state index in [1.165, 1.54) is 17.3 Å². The average molecular weight is 348 g/mol. The molecule has 2 aromatic rings. The summed E-state index contributed by atoms with van der Waals surface area (Å²) in [4.78, 5) is 12.2. The van der Waals surface area contributed by atoms with Gasteiger partial charge in [-0.1, -0.05) is 42.1 Å². The topological polar surface area (TPSA) is 69.0 Å². The van der Waals surface area contributed by atoms with Crippen molar-refractivity contribution in [1.29, 1.82) is 0 Å². The lowest BCUT2D eigenvalue weighted by Crippen LogP contribution is -2.32. The second kappa shape index (κ2) is 9.44. The van der Waals surface area contributed by atoms with Crippen LogP contribution in [0.25, 0.3) is 0 Å². The Hall–Kier alpha value is -1.86. The van der Waals surface area contributed by atoms with E-state index < -0.39 is 0 Å². The minimum atomic E-state index is -0.231. The van der Waals surface area contributed by atoms with Crippen molar-refractivity contribution in [3.05, 3.63) is 41.7 Å². The summed E-state index contributed by atoms with van der Waals surface area (Å²) >= 11 is 1.43. The van der Waals surface area contributed by atoms with Crippen molar-refractivity contribution in [2.24, 2.45) is 0 Å². The summed E-state index contributed by atoms with van der Waals surface area (Å²) in [6, 6.07) is 10.2. The molecule has 0 aliphatic rings. The molecule has 0 radical (unpaired) electrons. The summed E-state index contributed by atoms with van der Waals surface area (Å²) in [7, 11) is 1.65. The first kappa shape index (κ1) is 18.5. The lowest BCUT2D eigenvalue weighted by molar-refractivity contribution is -0.120. The Morgan fingerprint density at radius 3 is 2.79 bits per heavy atom. The number of amides is 1. The van der Waals surface area contributed by atoms with Crippen LogP contribution in [0.3, 0.4) is 0 Å². The molecule has 6 nitrogen and oxygen atoms in total. The number of aryl methyl sites for hydroxylation is 1. The van der Waals surface area contributed by atoms with Crippen molar-refractivity contribution < 1.29 is 9.53 Å². The zero-order valence-corrected chi connectivity index (χ0v) is 15.2. The molecule has 130 valence electrons. The van der Waals surface area contributed by atoms with Gasteiger partial charge in [0.1, 0.15) is 5.82 Å². The number of hydrogen-bond acceptors (Lipinski definition) is 5. The molecule has 24 heavy (non-hydrogen) atoms. The number of nitrogens with one attached hydrogen (secondary N) is 1. The van der Waals surface area contributed by atoms with E-state index in [-0.39, 0.29) is 11.2 Å². The minimum absolute atomic E-state index is 0.00279. The maximum Gasteiger partial charge on any atom is 0.233 e. The van der Waals surface area contributed by atoms with Crippen molar-refractivity contribution in [1.82, 2.24) is 20.1 Å². The predicted octanol–water partition coefficient (Wildman–Crippen LogP) is 2.27. The number of benzene rings is 1. The molecule has 1 aromatic carbocycles. The van der Waals surface area contributed by atoms with Crippen molar-refractivity contribution >= 4 is 17.7 Å². The van der Waals surface area contributed by atoms with E-state index in [4.69, 9.17) is 4.74 Å². The number of ether oxygens (including phenoxy) is 1. The third-order valence-electron chi connectivity index (χ3n) is 3.56. The van der Waals surface area contributed by atoms with Gasteiger partial charge in [-0.15, -0.1) is 10.2 Å². The molecule has 0 bridgehead atoms. The SMILES string of the molecule is COCCCNC(=O)C(C)Sc1nnc(C)n1Cc1ccccc1. The molecule has 2 rings (SSSR count). The van der Waals surface area contributed by atoms with Gasteiger partial charge in [-0.05, 0) is 25.8 Å². The van der Waals surface area contributed by atoms with E-state index in [0.29, 0.717) is 19.7 Å². The molecular formula is C17H24N4O2S. The Kier molecular flexibility index (Phi) is 7.27. The van der Waals surface area contributed by atoms with Crippen LogP contribution in [-0.2, 0) is 16.1 Å². The van der Waals surface area contributed by atoms with Gasteiger partial charge in [0.2, 0.25) is 5.91 Å². The van der Waals surface area contributed by atoms with Crippen LogP contribution in [0, 0.1) is 6.92 Å². The number of nitrogens with zero attached hydrogens (tertiary/aromatic N) is 3. The van der Waals surface area contributed by atoms with E-state index in [9.17, 15) is 4.79 Å². The summed E-state index contributed by atoms with van der Waals surface area (Å²) in [5.74, 6) is 0.845. The van der Waals surface area contributed by atoms with Gasteiger partial charge >= 0.3 is 0 Å². The molecule has 1 heterocycles. The summed E-state index contributed by atoms with van der Waals surface area (Å²) in [5.41, 5.74) is 1.18. The Morgan fingerprint density at radius 1 is 1.33 bits per heavy atom. The molecule has 0 saturated carbocycles. The van der Waals surface area contributed by atoms with Gasteiger partial charge in [-0.3, -0.25) is 4.79 Å². The molecule has 1 amide bonds. The molecule has 1 unspecified atom stereocenters. The molecule has 1 atom stereocenters. The van der Waals surface area contributed by atoms with Crippen LogP contribution in [0.5, 0.6) is 0 Å². The van der Waals surface area contributed by atoms with E-state index in [2.05, 4.69) is 27.6 Å². The van der Waals surface area contributed by atoms with Gasteiger partial charge in [-0.25, -0.2) is 0 Å². The van der Waals surface area contributed by atoms with Crippen LogP contribution < -0.4 is 5.32 Å². The fourth-order valence-corrected chi connectivity index (χ4v) is 3.10. The second-order valence-corrected chi connectivity index (χ2v) is 6.81. The van der Waals surface area contributed by atoms with Gasteiger partial charge in [0.25, 0.3) is 0 Å². The van der Waals surface area contributed by atoms with Crippen molar-refractivity contribution in [3.8, 4) is 0 Å². The number of aromatic nitrogens is 3. The molecular weight excluding hydrogens is 324 g/mol. The van der Waals surface area contributed by atoms with Crippen LogP contribution in [0.4, 0.5) is 0 Å². The number of hydrogen-bond donors (Lipinski definition) is 1.